The molecule has 0 fully saturated rings. The van der Waals surface area contributed by atoms with Crippen LogP contribution in [0, 0.1) is 10.1 Å². The largest absolute Gasteiger partial charge is 0.444 e. The quantitative estimate of drug-likeness (QED) is 0.359. The Morgan fingerprint density at radius 2 is 1.93 bits per heavy atom. The number of nitro groups is 1. The third-order valence-corrected chi connectivity index (χ3v) is 3.40. The lowest BCUT2D eigenvalue weighted by molar-refractivity contribution is -0.384. The molecule has 0 saturated carbocycles. The Morgan fingerprint density at radius 3 is 2.54 bits per heavy atom. The van der Waals surface area contributed by atoms with E-state index < -0.39 is 16.6 Å². The Bertz CT molecular complexity index is 839. The van der Waals surface area contributed by atoms with Gasteiger partial charge in [-0.2, -0.15) is 4.98 Å². The van der Waals surface area contributed by atoms with E-state index in [1.807, 2.05) is 0 Å². The molecule has 11 heteroatoms. The van der Waals surface area contributed by atoms with Crippen molar-refractivity contribution in [2.45, 2.75) is 26.4 Å². The van der Waals surface area contributed by atoms with E-state index in [4.69, 9.17) is 16.3 Å². The highest BCUT2D eigenvalue weighted by Gasteiger charge is 2.18. The summed E-state index contributed by atoms with van der Waals surface area (Å²) in [5, 5.41) is 20.1. The van der Waals surface area contributed by atoms with Crippen LogP contribution in [-0.2, 0) is 4.74 Å². The Hall–Kier alpha value is -3.14. The molecule has 0 radical (unpaired) electrons. The first-order valence-corrected chi connectivity index (χ1v) is 8.76. The maximum atomic E-state index is 11.6. The minimum Gasteiger partial charge on any atom is -0.444 e. The van der Waals surface area contributed by atoms with Gasteiger partial charge in [0.15, 0.2) is 0 Å². The molecular formula is C17H21ClN6O4. The second kappa shape index (κ2) is 9.18. The first kappa shape index (κ1) is 21.2. The lowest BCUT2D eigenvalue weighted by atomic mass is 10.2. The van der Waals surface area contributed by atoms with Crippen LogP contribution in [0.1, 0.15) is 20.8 Å². The summed E-state index contributed by atoms with van der Waals surface area (Å²) in [4.78, 5) is 30.3. The highest BCUT2D eigenvalue weighted by atomic mass is 35.5. The molecule has 0 atom stereocenters. The predicted octanol–water partition coefficient (Wildman–Crippen LogP) is 3.72. The van der Waals surface area contributed by atoms with Crippen LogP contribution in [0.2, 0.25) is 5.02 Å². The van der Waals surface area contributed by atoms with Gasteiger partial charge in [0.05, 0.1) is 4.92 Å². The molecule has 10 nitrogen and oxygen atoms in total. The molecule has 0 saturated heterocycles. The number of rotatable bonds is 7. The van der Waals surface area contributed by atoms with Gasteiger partial charge in [0.25, 0.3) is 0 Å². The monoisotopic (exact) mass is 408 g/mol. The minimum atomic E-state index is -0.606. The van der Waals surface area contributed by atoms with Gasteiger partial charge in [-0.05, 0) is 45.0 Å². The summed E-state index contributed by atoms with van der Waals surface area (Å²) in [5.74, 6) is 0.206. The van der Waals surface area contributed by atoms with E-state index in [1.54, 1.807) is 45.0 Å². The number of carbonyl (C=O) groups is 1. The van der Waals surface area contributed by atoms with Gasteiger partial charge in [-0.15, -0.1) is 0 Å². The van der Waals surface area contributed by atoms with Crippen molar-refractivity contribution in [3.63, 3.8) is 0 Å². The summed E-state index contributed by atoms with van der Waals surface area (Å²) in [6, 6.07) is 6.84. The van der Waals surface area contributed by atoms with Gasteiger partial charge in [0, 0.05) is 23.8 Å². The van der Waals surface area contributed by atoms with E-state index in [2.05, 4.69) is 25.9 Å². The van der Waals surface area contributed by atoms with E-state index >= 15 is 0 Å². The van der Waals surface area contributed by atoms with Crippen LogP contribution in [0.5, 0.6) is 0 Å². The maximum absolute atomic E-state index is 11.6. The average Bonchev–Trinajstić information content (AvgIpc) is 2.59. The SMILES string of the molecule is CC(C)(C)OC(=O)NCCNc1nc(Nc2ccc(Cl)cc2)ncc1[N+](=O)[O-]. The molecule has 0 aliphatic carbocycles. The van der Waals surface area contributed by atoms with Crippen molar-refractivity contribution >= 4 is 40.8 Å². The molecule has 0 aliphatic heterocycles. The topological polar surface area (TPSA) is 131 Å². The van der Waals surface area contributed by atoms with E-state index in [0.717, 1.165) is 6.20 Å². The molecule has 3 N–H and O–H groups in total. The Morgan fingerprint density at radius 1 is 1.25 bits per heavy atom. The molecule has 2 rings (SSSR count). The number of nitrogens with one attached hydrogen (secondary N) is 3. The number of carbonyl (C=O) groups excluding carboxylic acids is 1. The van der Waals surface area contributed by atoms with Gasteiger partial charge < -0.3 is 20.7 Å². The van der Waals surface area contributed by atoms with Crippen molar-refractivity contribution in [1.29, 1.82) is 0 Å². The fraction of sp³-hybridized carbons (Fsp3) is 0.353. The van der Waals surface area contributed by atoms with Crippen LogP contribution in [-0.4, -0.2) is 39.7 Å². The van der Waals surface area contributed by atoms with Crippen LogP contribution in [0.4, 0.5) is 27.9 Å². The van der Waals surface area contributed by atoms with Gasteiger partial charge in [0.2, 0.25) is 11.8 Å². The maximum Gasteiger partial charge on any atom is 0.407 e. The number of ether oxygens (including phenoxy) is 1. The number of halogens is 1. The molecule has 1 heterocycles. The van der Waals surface area contributed by atoms with Crippen molar-refractivity contribution < 1.29 is 14.5 Å². The molecule has 0 aliphatic rings. The first-order chi connectivity index (χ1) is 13.1. The minimum absolute atomic E-state index is 0.0300. The molecule has 1 amide bonds. The summed E-state index contributed by atoms with van der Waals surface area (Å²) >= 11 is 5.84. The highest BCUT2D eigenvalue weighted by Crippen LogP contribution is 2.23. The molecule has 28 heavy (non-hydrogen) atoms. The van der Waals surface area contributed by atoms with Gasteiger partial charge in [-0.3, -0.25) is 10.1 Å². The fourth-order valence-corrected chi connectivity index (χ4v) is 2.15. The van der Waals surface area contributed by atoms with Crippen LogP contribution in [0.15, 0.2) is 30.5 Å². The highest BCUT2D eigenvalue weighted by molar-refractivity contribution is 6.30. The van der Waals surface area contributed by atoms with Gasteiger partial charge in [0.1, 0.15) is 11.8 Å². The van der Waals surface area contributed by atoms with Crippen molar-refractivity contribution in [2.75, 3.05) is 23.7 Å². The summed E-state index contributed by atoms with van der Waals surface area (Å²) in [7, 11) is 0. The molecular weight excluding hydrogens is 388 g/mol. The number of alkyl carbamates (subject to hydrolysis) is 1. The summed E-state index contributed by atoms with van der Waals surface area (Å²) in [6.07, 6.45) is 0.533. The Kier molecular flexibility index (Phi) is 6.94. The molecule has 1 aromatic carbocycles. The van der Waals surface area contributed by atoms with Crippen LogP contribution < -0.4 is 16.0 Å². The normalized spacial score (nSPS) is 10.9. The second-order valence-corrected chi connectivity index (χ2v) is 7.11. The number of nitrogens with zero attached hydrogens (tertiary/aromatic N) is 3. The smallest absolute Gasteiger partial charge is 0.407 e. The van der Waals surface area contributed by atoms with E-state index in [0.29, 0.717) is 10.7 Å². The Labute approximate surface area is 166 Å². The number of anilines is 3. The van der Waals surface area contributed by atoms with Crippen LogP contribution >= 0.6 is 11.6 Å². The number of hydrogen-bond acceptors (Lipinski definition) is 8. The number of amides is 1. The summed E-state index contributed by atoms with van der Waals surface area (Å²) in [5.41, 5.74) is -0.208. The van der Waals surface area contributed by atoms with Crippen molar-refractivity contribution in [1.82, 2.24) is 15.3 Å². The lowest BCUT2D eigenvalue weighted by Gasteiger charge is -2.19. The zero-order chi connectivity index (χ0) is 20.7. The predicted molar refractivity (Wildman–Crippen MR) is 106 cm³/mol. The summed E-state index contributed by atoms with van der Waals surface area (Å²) < 4.78 is 5.11. The van der Waals surface area contributed by atoms with Gasteiger partial charge in [-0.25, -0.2) is 9.78 Å². The molecule has 0 spiro atoms. The zero-order valence-corrected chi connectivity index (χ0v) is 16.4. The third-order valence-electron chi connectivity index (χ3n) is 3.15. The van der Waals surface area contributed by atoms with Crippen molar-refractivity contribution in [3.05, 3.63) is 45.6 Å². The summed E-state index contributed by atoms with van der Waals surface area (Å²) in [6.45, 7) is 5.66. The Balaban J connectivity index is 2.00. The lowest BCUT2D eigenvalue weighted by Crippen LogP contribution is -2.35. The number of hydrogen-bond donors (Lipinski definition) is 3. The molecule has 0 bridgehead atoms. The van der Waals surface area contributed by atoms with Crippen molar-refractivity contribution in [2.24, 2.45) is 0 Å². The van der Waals surface area contributed by atoms with E-state index in [-0.39, 0.29) is 30.5 Å². The molecule has 1 aromatic heterocycles. The number of aromatic nitrogens is 2. The second-order valence-electron chi connectivity index (χ2n) is 6.67. The standard InChI is InChI=1S/C17H21ClN6O4/c1-17(2,3)28-16(25)20-9-8-19-14-13(24(26)27)10-21-15(23-14)22-12-6-4-11(18)5-7-12/h4-7,10H,8-9H2,1-3H3,(H,20,25)(H2,19,21,22,23). The van der Waals surface area contributed by atoms with Crippen LogP contribution in [0.25, 0.3) is 0 Å². The first-order valence-electron chi connectivity index (χ1n) is 8.39. The van der Waals surface area contributed by atoms with Gasteiger partial charge >= 0.3 is 11.8 Å². The zero-order valence-electron chi connectivity index (χ0n) is 15.7. The fourth-order valence-electron chi connectivity index (χ4n) is 2.02. The molecule has 0 unspecified atom stereocenters. The van der Waals surface area contributed by atoms with Crippen LogP contribution in [0.3, 0.4) is 0 Å². The average molecular weight is 409 g/mol. The molecule has 150 valence electrons. The third kappa shape index (κ3) is 6.88. The van der Waals surface area contributed by atoms with E-state index in [9.17, 15) is 14.9 Å². The van der Waals surface area contributed by atoms with Crippen molar-refractivity contribution in [3.8, 4) is 0 Å². The molecule has 2 aromatic rings. The van der Waals surface area contributed by atoms with E-state index in [1.165, 1.54) is 0 Å². The van der Waals surface area contributed by atoms with Gasteiger partial charge in [-0.1, -0.05) is 11.6 Å². The number of benzene rings is 1.